The molecule has 2 heterocycles. The van der Waals surface area contributed by atoms with E-state index in [0.29, 0.717) is 0 Å². The third-order valence-electron chi connectivity index (χ3n) is 5.30. The summed E-state index contributed by atoms with van der Waals surface area (Å²) < 4.78 is 1.93. The standard InChI is InChI=1S/C23H25N3OS/c1-4-18(17-8-6-5-7-9-17)23(27)24-22-19-13-28-14-20(19)25-26(22)21-11-10-15(2)12-16(21)3/h5-12,18H,4,13-14H2,1-3H3,(H,24,27). The number of benzene rings is 2. The molecule has 1 unspecified atom stereocenters. The lowest BCUT2D eigenvalue weighted by Crippen LogP contribution is -2.23. The molecule has 0 fully saturated rings. The van der Waals surface area contributed by atoms with E-state index < -0.39 is 0 Å². The first-order chi connectivity index (χ1) is 13.6. The highest BCUT2D eigenvalue weighted by molar-refractivity contribution is 7.98. The summed E-state index contributed by atoms with van der Waals surface area (Å²) in [7, 11) is 0. The summed E-state index contributed by atoms with van der Waals surface area (Å²) in [6, 6.07) is 16.3. The molecule has 0 radical (unpaired) electrons. The van der Waals surface area contributed by atoms with Gasteiger partial charge in [0, 0.05) is 17.1 Å². The lowest BCUT2D eigenvalue weighted by atomic mass is 9.95. The molecule has 1 aliphatic rings. The van der Waals surface area contributed by atoms with Gasteiger partial charge in [-0.25, -0.2) is 4.68 Å². The topological polar surface area (TPSA) is 46.9 Å². The summed E-state index contributed by atoms with van der Waals surface area (Å²) in [6.45, 7) is 6.23. The Hall–Kier alpha value is -2.53. The Labute approximate surface area is 170 Å². The second-order valence-corrected chi connectivity index (χ2v) is 8.31. The van der Waals surface area contributed by atoms with Gasteiger partial charge in [-0.3, -0.25) is 4.79 Å². The maximum Gasteiger partial charge on any atom is 0.233 e. The Balaban J connectivity index is 1.72. The fraction of sp³-hybridized carbons (Fsp3) is 0.304. The molecule has 0 spiro atoms. The number of fused-ring (bicyclic) bond motifs is 1. The third-order valence-corrected chi connectivity index (χ3v) is 6.27. The van der Waals surface area contributed by atoms with Crippen molar-refractivity contribution in [2.75, 3.05) is 5.32 Å². The number of aromatic nitrogens is 2. The maximum atomic E-state index is 13.2. The molecule has 28 heavy (non-hydrogen) atoms. The molecule has 0 saturated carbocycles. The van der Waals surface area contributed by atoms with Crippen molar-refractivity contribution in [2.24, 2.45) is 0 Å². The van der Waals surface area contributed by atoms with E-state index >= 15 is 0 Å². The van der Waals surface area contributed by atoms with E-state index in [0.717, 1.165) is 51.8 Å². The molecule has 0 bridgehead atoms. The zero-order valence-corrected chi connectivity index (χ0v) is 17.3. The summed E-state index contributed by atoms with van der Waals surface area (Å²) >= 11 is 1.84. The number of thioether (sulfide) groups is 1. The molecular weight excluding hydrogens is 366 g/mol. The van der Waals surface area contributed by atoms with E-state index in [-0.39, 0.29) is 11.8 Å². The van der Waals surface area contributed by atoms with Gasteiger partial charge < -0.3 is 5.32 Å². The van der Waals surface area contributed by atoms with Gasteiger partial charge in [-0.15, -0.1) is 0 Å². The van der Waals surface area contributed by atoms with Crippen LogP contribution in [0.25, 0.3) is 5.69 Å². The Kier molecular flexibility index (Phi) is 5.27. The highest BCUT2D eigenvalue weighted by Crippen LogP contribution is 2.37. The zero-order valence-electron chi connectivity index (χ0n) is 16.5. The molecule has 0 aliphatic carbocycles. The molecule has 3 aromatic rings. The van der Waals surface area contributed by atoms with Crippen LogP contribution in [-0.2, 0) is 16.3 Å². The van der Waals surface area contributed by atoms with Gasteiger partial charge in [0.1, 0.15) is 5.82 Å². The molecule has 4 rings (SSSR count). The van der Waals surface area contributed by atoms with Crippen LogP contribution in [0.15, 0.2) is 48.5 Å². The van der Waals surface area contributed by atoms with Gasteiger partial charge in [-0.05, 0) is 37.5 Å². The van der Waals surface area contributed by atoms with Crippen LogP contribution in [0.1, 0.15) is 47.2 Å². The first kappa shape index (κ1) is 18.8. The Morgan fingerprint density at radius 2 is 1.96 bits per heavy atom. The van der Waals surface area contributed by atoms with E-state index in [9.17, 15) is 4.79 Å². The van der Waals surface area contributed by atoms with Crippen LogP contribution in [0.5, 0.6) is 0 Å². The smallest absolute Gasteiger partial charge is 0.233 e. The minimum atomic E-state index is -0.173. The molecule has 1 atom stereocenters. The van der Waals surface area contributed by atoms with Gasteiger partial charge in [0.05, 0.1) is 17.3 Å². The zero-order chi connectivity index (χ0) is 19.7. The molecule has 1 aromatic heterocycles. The largest absolute Gasteiger partial charge is 0.310 e. The summed E-state index contributed by atoms with van der Waals surface area (Å²) in [5.74, 6) is 2.46. The van der Waals surface area contributed by atoms with E-state index in [1.54, 1.807) is 0 Å². The number of hydrogen-bond donors (Lipinski definition) is 1. The maximum absolute atomic E-state index is 13.2. The average Bonchev–Trinajstić information content (AvgIpc) is 3.26. The van der Waals surface area contributed by atoms with E-state index in [1.807, 2.05) is 46.8 Å². The number of carbonyl (C=O) groups excluding carboxylic acids is 1. The number of nitrogens with zero attached hydrogens (tertiary/aromatic N) is 2. The normalized spacial score (nSPS) is 14.0. The quantitative estimate of drug-likeness (QED) is 0.636. The predicted octanol–water partition coefficient (Wildman–Crippen LogP) is 5.37. The summed E-state index contributed by atoms with van der Waals surface area (Å²) in [4.78, 5) is 13.2. The molecular formula is C23H25N3OS. The number of nitrogens with one attached hydrogen (secondary N) is 1. The summed E-state index contributed by atoms with van der Waals surface area (Å²) in [5.41, 5.74) is 6.67. The van der Waals surface area contributed by atoms with Crippen LogP contribution < -0.4 is 5.32 Å². The molecule has 0 saturated heterocycles. The third kappa shape index (κ3) is 3.47. The number of aryl methyl sites for hydroxylation is 2. The molecule has 1 amide bonds. The second-order valence-electron chi connectivity index (χ2n) is 7.33. The van der Waals surface area contributed by atoms with Crippen LogP contribution in [-0.4, -0.2) is 15.7 Å². The van der Waals surface area contributed by atoms with Gasteiger partial charge >= 0.3 is 0 Å². The Morgan fingerprint density at radius 3 is 2.68 bits per heavy atom. The van der Waals surface area contributed by atoms with Crippen molar-refractivity contribution in [1.29, 1.82) is 0 Å². The highest BCUT2D eigenvalue weighted by atomic mass is 32.2. The van der Waals surface area contributed by atoms with Gasteiger partial charge in [-0.2, -0.15) is 16.9 Å². The van der Waals surface area contributed by atoms with Crippen LogP contribution >= 0.6 is 11.8 Å². The SMILES string of the molecule is CCC(C(=O)Nc1c2c(nn1-c1ccc(C)cc1C)CSC2)c1ccccc1. The monoisotopic (exact) mass is 391 g/mol. The lowest BCUT2D eigenvalue weighted by Gasteiger charge is -2.18. The molecule has 2 aromatic carbocycles. The van der Waals surface area contributed by atoms with E-state index in [2.05, 4.69) is 44.3 Å². The van der Waals surface area contributed by atoms with Gasteiger partial charge in [-0.1, -0.05) is 55.0 Å². The minimum absolute atomic E-state index is 0.0271. The van der Waals surface area contributed by atoms with Gasteiger partial charge in [0.15, 0.2) is 0 Å². The fourth-order valence-electron chi connectivity index (χ4n) is 3.82. The van der Waals surface area contributed by atoms with E-state index in [4.69, 9.17) is 5.10 Å². The Bertz CT molecular complexity index is 1010. The lowest BCUT2D eigenvalue weighted by molar-refractivity contribution is -0.117. The molecule has 4 nitrogen and oxygen atoms in total. The van der Waals surface area contributed by atoms with Crippen molar-refractivity contribution in [2.45, 2.75) is 44.6 Å². The predicted molar refractivity (Wildman–Crippen MR) is 116 cm³/mol. The first-order valence-electron chi connectivity index (χ1n) is 9.70. The molecule has 5 heteroatoms. The fourth-order valence-corrected chi connectivity index (χ4v) is 4.86. The molecule has 1 N–H and O–H groups in total. The molecule has 144 valence electrons. The van der Waals surface area contributed by atoms with Crippen molar-refractivity contribution < 1.29 is 4.79 Å². The Morgan fingerprint density at radius 1 is 1.18 bits per heavy atom. The summed E-state index contributed by atoms with van der Waals surface area (Å²) in [6.07, 6.45) is 0.754. The summed E-state index contributed by atoms with van der Waals surface area (Å²) in [5, 5.41) is 8.07. The van der Waals surface area contributed by atoms with Crippen LogP contribution in [0.3, 0.4) is 0 Å². The van der Waals surface area contributed by atoms with Crippen molar-refractivity contribution >= 4 is 23.5 Å². The first-order valence-corrected chi connectivity index (χ1v) is 10.9. The van der Waals surface area contributed by atoms with Crippen molar-refractivity contribution in [3.63, 3.8) is 0 Å². The number of amides is 1. The number of hydrogen-bond acceptors (Lipinski definition) is 3. The van der Waals surface area contributed by atoms with Crippen molar-refractivity contribution in [1.82, 2.24) is 9.78 Å². The number of rotatable bonds is 5. The van der Waals surface area contributed by atoms with Gasteiger partial charge in [0.2, 0.25) is 5.91 Å². The van der Waals surface area contributed by atoms with Crippen LogP contribution in [0.4, 0.5) is 5.82 Å². The highest BCUT2D eigenvalue weighted by Gasteiger charge is 2.27. The van der Waals surface area contributed by atoms with Crippen LogP contribution in [0, 0.1) is 13.8 Å². The van der Waals surface area contributed by atoms with E-state index in [1.165, 1.54) is 5.56 Å². The number of carbonyl (C=O) groups is 1. The van der Waals surface area contributed by atoms with Crippen molar-refractivity contribution in [3.05, 3.63) is 76.5 Å². The number of anilines is 1. The van der Waals surface area contributed by atoms with Crippen molar-refractivity contribution in [3.8, 4) is 5.69 Å². The van der Waals surface area contributed by atoms with Gasteiger partial charge in [0.25, 0.3) is 0 Å². The van der Waals surface area contributed by atoms with Crippen LogP contribution in [0.2, 0.25) is 0 Å². The molecule has 1 aliphatic heterocycles. The minimum Gasteiger partial charge on any atom is -0.310 e. The average molecular weight is 392 g/mol. The second kappa shape index (κ2) is 7.84.